The maximum atomic E-state index is 12.8. The summed E-state index contributed by atoms with van der Waals surface area (Å²) >= 11 is 0. The molecule has 94 valence electrons. The number of benzene rings is 2. The van der Waals surface area contributed by atoms with E-state index in [-0.39, 0.29) is 0 Å². The molecule has 3 rings (SSSR count). The van der Waals surface area contributed by atoms with Crippen LogP contribution in [0.25, 0.3) is 10.8 Å². The number of pyridine rings is 1. The number of aromatic nitrogens is 1. The van der Waals surface area contributed by atoms with Gasteiger partial charge in [-0.1, -0.05) is 24.3 Å². The largest absolute Gasteiger partial charge is 0.438 e. The second-order valence-electron chi connectivity index (χ2n) is 4.12. The van der Waals surface area contributed by atoms with Crippen molar-refractivity contribution in [2.24, 2.45) is 0 Å². The Balaban J connectivity index is 2.06. The molecule has 0 saturated carbocycles. The Bertz CT molecular complexity index is 726. The molecule has 3 nitrogen and oxygen atoms in total. The predicted octanol–water partition coefficient (Wildman–Crippen LogP) is 3.75. The summed E-state index contributed by atoms with van der Waals surface area (Å²) in [6.07, 6.45) is 1.12. The number of hydrogen-bond acceptors (Lipinski definition) is 3. The van der Waals surface area contributed by atoms with E-state index in [1.807, 2.05) is 24.3 Å². The fourth-order valence-corrected chi connectivity index (χ4v) is 1.92. The molecule has 4 heteroatoms. The van der Waals surface area contributed by atoms with Crippen molar-refractivity contribution in [2.75, 3.05) is 5.73 Å². The normalized spacial score (nSPS) is 10.6. The smallest absolute Gasteiger partial charge is 0.219 e. The quantitative estimate of drug-likeness (QED) is 0.708. The second-order valence-corrected chi connectivity index (χ2v) is 4.12. The minimum atomic E-state index is -0.394. The van der Waals surface area contributed by atoms with Crippen LogP contribution in [0.3, 0.4) is 0 Å². The standard InChI is InChI=1S/C15H11FN2O/c16-10-5-8-15(18-9-10)19-14-7-6-13(17)11-3-1-2-4-12(11)14/h1-9H,17H2. The first-order valence-electron chi connectivity index (χ1n) is 5.81. The highest BCUT2D eigenvalue weighted by Crippen LogP contribution is 2.32. The van der Waals surface area contributed by atoms with Gasteiger partial charge in [-0.15, -0.1) is 0 Å². The maximum Gasteiger partial charge on any atom is 0.219 e. The average molecular weight is 254 g/mol. The van der Waals surface area contributed by atoms with Crippen LogP contribution >= 0.6 is 0 Å². The number of ether oxygens (including phenoxy) is 1. The van der Waals surface area contributed by atoms with E-state index in [1.54, 1.807) is 12.1 Å². The van der Waals surface area contributed by atoms with Gasteiger partial charge < -0.3 is 10.5 Å². The Labute approximate surface area is 109 Å². The van der Waals surface area contributed by atoms with E-state index >= 15 is 0 Å². The van der Waals surface area contributed by atoms with Gasteiger partial charge in [0.25, 0.3) is 0 Å². The van der Waals surface area contributed by atoms with E-state index in [4.69, 9.17) is 10.5 Å². The number of nitrogen functional groups attached to an aromatic ring is 1. The first-order chi connectivity index (χ1) is 9.24. The first kappa shape index (κ1) is 11.5. The summed E-state index contributed by atoms with van der Waals surface area (Å²) in [6, 6.07) is 14.0. The molecule has 0 unspecified atom stereocenters. The number of hydrogen-bond donors (Lipinski definition) is 1. The molecule has 0 spiro atoms. The van der Waals surface area contributed by atoms with Gasteiger partial charge in [0.15, 0.2) is 0 Å². The molecule has 0 amide bonds. The number of nitrogens with two attached hydrogens (primary N) is 1. The Morgan fingerprint density at radius 3 is 2.47 bits per heavy atom. The van der Waals surface area contributed by atoms with Gasteiger partial charge in [0, 0.05) is 22.5 Å². The molecule has 0 radical (unpaired) electrons. The summed E-state index contributed by atoms with van der Waals surface area (Å²) in [7, 11) is 0. The van der Waals surface area contributed by atoms with Crippen LogP contribution in [0, 0.1) is 5.82 Å². The Morgan fingerprint density at radius 1 is 0.947 bits per heavy atom. The van der Waals surface area contributed by atoms with Crippen LogP contribution in [0.4, 0.5) is 10.1 Å². The van der Waals surface area contributed by atoms with Crippen molar-refractivity contribution in [3.63, 3.8) is 0 Å². The third-order valence-electron chi connectivity index (χ3n) is 2.83. The van der Waals surface area contributed by atoms with Gasteiger partial charge in [-0.25, -0.2) is 9.37 Å². The SMILES string of the molecule is Nc1ccc(Oc2ccc(F)cn2)c2ccccc12. The van der Waals surface area contributed by atoms with Crippen LogP contribution in [-0.2, 0) is 0 Å². The lowest BCUT2D eigenvalue weighted by molar-refractivity contribution is 0.464. The first-order valence-corrected chi connectivity index (χ1v) is 5.81. The average Bonchev–Trinajstić information content (AvgIpc) is 2.45. The zero-order chi connectivity index (χ0) is 13.2. The molecular weight excluding hydrogens is 243 g/mol. The van der Waals surface area contributed by atoms with Gasteiger partial charge in [0.2, 0.25) is 5.88 Å². The van der Waals surface area contributed by atoms with Crippen LogP contribution in [0.5, 0.6) is 11.6 Å². The molecule has 19 heavy (non-hydrogen) atoms. The topological polar surface area (TPSA) is 48.1 Å². The van der Waals surface area contributed by atoms with Crippen molar-refractivity contribution in [1.29, 1.82) is 0 Å². The summed E-state index contributed by atoms with van der Waals surface area (Å²) < 4.78 is 18.5. The lowest BCUT2D eigenvalue weighted by atomic mass is 10.1. The molecule has 0 aliphatic rings. The monoisotopic (exact) mass is 254 g/mol. The molecule has 3 aromatic rings. The van der Waals surface area contributed by atoms with E-state index in [0.29, 0.717) is 17.3 Å². The van der Waals surface area contributed by atoms with Crippen LogP contribution in [0.1, 0.15) is 0 Å². The van der Waals surface area contributed by atoms with Gasteiger partial charge >= 0.3 is 0 Å². The number of anilines is 1. The summed E-state index contributed by atoms with van der Waals surface area (Å²) in [5.74, 6) is 0.592. The predicted molar refractivity (Wildman–Crippen MR) is 72.6 cm³/mol. The highest BCUT2D eigenvalue weighted by atomic mass is 19.1. The van der Waals surface area contributed by atoms with Gasteiger partial charge in [0.05, 0.1) is 6.20 Å². The molecule has 0 saturated heterocycles. The molecule has 1 aromatic heterocycles. The van der Waals surface area contributed by atoms with Gasteiger partial charge in [-0.05, 0) is 18.2 Å². The van der Waals surface area contributed by atoms with Crippen LogP contribution in [-0.4, -0.2) is 4.98 Å². The number of nitrogens with zero attached hydrogens (tertiary/aromatic N) is 1. The van der Waals surface area contributed by atoms with Crippen molar-refractivity contribution in [2.45, 2.75) is 0 Å². The molecular formula is C15H11FN2O. The van der Waals surface area contributed by atoms with E-state index in [0.717, 1.165) is 17.0 Å². The van der Waals surface area contributed by atoms with Crippen molar-refractivity contribution in [3.05, 3.63) is 60.5 Å². The third-order valence-corrected chi connectivity index (χ3v) is 2.83. The zero-order valence-corrected chi connectivity index (χ0v) is 10.0. The summed E-state index contributed by atoms with van der Waals surface area (Å²) in [4.78, 5) is 3.87. The number of rotatable bonds is 2. The highest BCUT2D eigenvalue weighted by molar-refractivity contribution is 5.97. The molecule has 2 N–H and O–H groups in total. The summed E-state index contributed by atoms with van der Waals surface area (Å²) in [5.41, 5.74) is 6.61. The fraction of sp³-hybridized carbons (Fsp3) is 0. The summed E-state index contributed by atoms with van der Waals surface area (Å²) in [6.45, 7) is 0. The lowest BCUT2D eigenvalue weighted by Crippen LogP contribution is -1.92. The van der Waals surface area contributed by atoms with E-state index in [2.05, 4.69) is 4.98 Å². The fourth-order valence-electron chi connectivity index (χ4n) is 1.92. The highest BCUT2D eigenvalue weighted by Gasteiger charge is 2.06. The molecule has 0 bridgehead atoms. The lowest BCUT2D eigenvalue weighted by Gasteiger charge is -2.09. The Morgan fingerprint density at radius 2 is 1.74 bits per heavy atom. The third kappa shape index (κ3) is 2.20. The second kappa shape index (κ2) is 4.57. The number of fused-ring (bicyclic) bond motifs is 1. The van der Waals surface area contributed by atoms with Gasteiger partial charge in [-0.2, -0.15) is 0 Å². The molecule has 0 aliphatic heterocycles. The van der Waals surface area contributed by atoms with Crippen LogP contribution in [0.15, 0.2) is 54.7 Å². The molecule has 0 fully saturated rings. The van der Waals surface area contributed by atoms with E-state index < -0.39 is 5.82 Å². The molecule has 0 atom stereocenters. The Hall–Kier alpha value is -2.62. The molecule has 2 aromatic carbocycles. The zero-order valence-electron chi connectivity index (χ0n) is 10.0. The molecule has 0 aliphatic carbocycles. The Kier molecular flexibility index (Phi) is 2.76. The summed E-state index contributed by atoms with van der Waals surface area (Å²) in [5, 5.41) is 1.82. The van der Waals surface area contributed by atoms with E-state index in [1.165, 1.54) is 12.1 Å². The minimum Gasteiger partial charge on any atom is -0.438 e. The van der Waals surface area contributed by atoms with E-state index in [9.17, 15) is 4.39 Å². The maximum absolute atomic E-state index is 12.8. The van der Waals surface area contributed by atoms with Gasteiger partial charge in [0.1, 0.15) is 11.6 Å². The molecule has 1 heterocycles. The van der Waals surface area contributed by atoms with Crippen molar-refractivity contribution in [3.8, 4) is 11.6 Å². The van der Waals surface area contributed by atoms with Crippen LogP contribution in [0.2, 0.25) is 0 Å². The van der Waals surface area contributed by atoms with Gasteiger partial charge in [-0.3, -0.25) is 0 Å². The van der Waals surface area contributed by atoms with Crippen molar-refractivity contribution < 1.29 is 9.13 Å². The van der Waals surface area contributed by atoms with Crippen LogP contribution < -0.4 is 10.5 Å². The number of halogens is 1. The minimum absolute atomic E-state index is 0.344. The van der Waals surface area contributed by atoms with Crippen molar-refractivity contribution >= 4 is 16.5 Å². The van der Waals surface area contributed by atoms with Crippen molar-refractivity contribution in [1.82, 2.24) is 4.98 Å².